The molecule has 1 atom stereocenters. The van der Waals surface area contributed by atoms with Crippen molar-refractivity contribution in [3.05, 3.63) is 98.1 Å². The second kappa shape index (κ2) is 9.97. The van der Waals surface area contributed by atoms with Crippen LogP contribution in [0.25, 0.3) is 10.9 Å². The molecular weight excluding hydrogens is 460 g/mol. The number of aromatic amines is 1. The van der Waals surface area contributed by atoms with Crippen LogP contribution < -0.4 is 5.56 Å². The number of hydrogen-bond donors (Lipinski definition) is 1. The molecule has 0 spiro atoms. The van der Waals surface area contributed by atoms with Crippen molar-refractivity contribution >= 4 is 22.2 Å². The third-order valence-corrected chi connectivity index (χ3v) is 7.07. The molecule has 0 aliphatic carbocycles. The lowest BCUT2D eigenvalue weighted by atomic mass is 10.00. The van der Waals surface area contributed by atoms with Crippen molar-refractivity contribution in [2.24, 2.45) is 5.92 Å². The van der Waals surface area contributed by atoms with Gasteiger partial charge in [0, 0.05) is 23.5 Å². The number of thiophene rings is 1. The molecule has 4 aromatic heterocycles. The lowest BCUT2D eigenvalue weighted by Gasteiger charge is -2.33. The van der Waals surface area contributed by atoms with Gasteiger partial charge >= 0.3 is 0 Å². The Morgan fingerprint density at radius 1 is 1.14 bits per heavy atom. The topological polar surface area (TPSA) is 92.8 Å². The molecule has 0 aliphatic heterocycles. The molecule has 0 radical (unpaired) electrons. The zero-order valence-corrected chi connectivity index (χ0v) is 20.8. The second-order valence-corrected chi connectivity index (χ2v) is 10.1. The Labute approximate surface area is 207 Å². The van der Waals surface area contributed by atoms with E-state index in [1.54, 1.807) is 22.3 Å². The van der Waals surface area contributed by atoms with Crippen molar-refractivity contribution in [1.82, 2.24) is 30.1 Å². The SMILES string of the molecule is Cc1cccc2cc(CN(Cc3cccs3)C(c3nnnn3Cc3ccco3)C(C)C)c(=O)[nH]c12. The summed E-state index contributed by atoms with van der Waals surface area (Å²) in [5, 5.41) is 15.8. The third-order valence-electron chi connectivity index (χ3n) is 6.21. The van der Waals surface area contributed by atoms with Crippen molar-refractivity contribution in [1.29, 1.82) is 0 Å². The predicted octanol–water partition coefficient (Wildman–Crippen LogP) is 4.93. The first-order valence-electron chi connectivity index (χ1n) is 11.7. The van der Waals surface area contributed by atoms with Crippen molar-refractivity contribution in [2.45, 2.75) is 46.4 Å². The van der Waals surface area contributed by atoms with Gasteiger partial charge in [-0.25, -0.2) is 4.68 Å². The fraction of sp³-hybridized carbons (Fsp3) is 0.308. The number of nitrogens with one attached hydrogen (secondary N) is 1. The standard InChI is InChI=1S/C26H28N6O2S/c1-17(2)24(25-28-29-30-32(25)15-21-9-5-11-34-21)31(16-22-10-6-12-35-22)14-20-13-19-8-4-7-18(3)23(19)27-26(20)33/h4-13,17,24H,14-16H2,1-3H3,(H,27,33). The highest BCUT2D eigenvalue weighted by molar-refractivity contribution is 7.09. The molecule has 1 unspecified atom stereocenters. The predicted molar refractivity (Wildman–Crippen MR) is 136 cm³/mol. The number of tetrazole rings is 1. The molecule has 0 saturated carbocycles. The summed E-state index contributed by atoms with van der Waals surface area (Å²) >= 11 is 1.70. The lowest BCUT2D eigenvalue weighted by Crippen LogP contribution is -2.35. The van der Waals surface area contributed by atoms with E-state index in [9.17, 15) is 4.79 Å². The van der Waals surface area contributed by atoms with Crippen molar-refractivity contribution in [2.75, 3.05) is 0 Å². The van der Waals surface area contributed by atoms with E-state index < -0.39 is 0 Å². The average molecular weight is 489 g/mol. The molecular formula is C26H28N6O2S. The molecule has 5 rings (SSSR count). The molecule has 1 aromatic carbocycles. The molecule has 0 fully saturated rings. The van der Waals surface area contributed by atoms with E-state index in [2.05, 4.69) is 56.8 Å². The van der Waals surface area contributed by atoms with E-state index in [1.807, 2.05) is 43.3 Å². The first kappa shape index (κ1) is 23.2. The number of hydrogen-bond acceptors (Lipinski definition) is 7. The number of H-pyrrole nitrogens is 1. The van der Waals surface area contributed by atoms with E-state index in [4.69, 9.17) is 4.42 Å². The number of pyridine rings is 1. The van der Waals surface area contributed by atoms with Gasteiger partial charge in [-0.2, -0.15) is 0 Å². The van der Waals surface area contributed by atoms with Crippen molar-refractivity contribution < 1.29 is 4.42 Å². The number of benzene rings is 1. The summed E-state index contributed by atoms with van der Waals surface area (Å²) in [6.07, 6.45) is 1.65. The van der Waals surface area contributed by atoms with Crippen LogP contribution in [-0.4, -0.2) is 30.1 Å². The first-order chi connectivity index (χ1) is 17.0. The molecule has 0 amide bonds. The summed E-state index contributed by atoms with van der Waals surface area (Å²) in [6, 6.07) is 15.9. The van der Waals surface area contributed by atoms with Crippen LogP contribution in [0.5, 0.6) is 0 Å². The highest BCUT2D eigenvalue weighted by Crippen LogP contribution is 2.31. The van der Waals surface area contributed by atoms with E-state index in [-0.39, 0.29) is 17.5 Å². The average Bonchev–Trinajstić information content (AvgIpc) is 3.60. The number of aryl methyl sites for hydroxylation is 1. The van der Waals surface area contributed by atoms with Crippen LogP contribution in [0.3, 0.4) is 0 Å². The zero-order chi connectivity index (χ0) is 24.4. The maximum Gasteiger partial charge on any atom is 0.252 e. The highest BCUT2D eigenvalue weighted by Gasteiger charge is 2.30. The highest BCUT2D eigenvalue weighted by atomic mass is 32.1. The minimum Gasteiger partial charge on any atom is -0.467 e. The van der Waals surface area contributed by atoms with E-state index in [0.717, 1.165) is 33.6 Å². The van der Waals surface area contributed by atoms with Gasteiger partial charge in [0.25, 0.3) is 5.56 Å². The summed E-state index contributed by atoms with van der Waals surface area (Å²) in [6.45, 7) is 7.92. The number of nitrogens with zero attached hydrogens (tertiary/aromatic N) is 5. The van der Waals surface area contributed by atoms with Crippen LogP contribution >= 0.6 is 11.3 Å². The van der Waals surface area contributed by atoms with Gasteiger partial charge < -0.3 is 9.40 Å². The van der Waals surface area contributed by atoms with Gasteiger partial charge in [0.15, 0.2) is 5.82 Å². The molecule has 4 heterocycles. The van der Waals surface area contributed by atoms with Crippen LogP contribution in [-0.2, 0) is 19.6 Å². The maximum atomic E-state index is 13.1. The number of aromatic nitrogens is 5. The molecule has 5 aromatic rings. The Balaban J connectivity index is 1.54. The Kier molecular flexibility index (Phi) is 6.61. The first-order valence-corrected chi connectivity index (χ1v) is 12.5. The Bertz CT molecular complexity index is 1450. The summed E-state index contributed by atoms with van der Waals surface area (Å²) in [4.78, 5) is 19.8. The lowest BCUT2D eigenvalue weighted by molar-refractivity contribution is 0.127. The van der Waals surface area contributed by atoms with Gasteiger partial charge in [-0.1, -0.05) is 38.1 Å². The minimum absolute atomic E-state index is 0.0688. The maximum absolute atomic E-state index is 13.1. The van der Waals surface area contributed by atoms with Crippen LogP contribution in [0.1, 0.15) is 47.5 Å². The van der Waals surface area contributed by atoms with Crippen LogP contribution in [0.4, 0.5) is 0 Å². The third kappa shape index (κ3) is 4.96. The normalized spacial score (nSPS) is 12.7. The van der Waals surface area contributed by atoms with Gasteiger partial charge in [-0.15, -0.1) is 16.4 Å². The van der Waals surface area contributed by atoms with E-state index in [1.165, 1.54) is 4.88 Å². The van der Waals surface area contributed by atoms with Crippen molar-refractivity contribution in [3.8, 4) is 0 Å². The molecule has 180 valence electrons. The molecule has 0 bridgehead atoms. The van der Waals surface area contributed by atoms with Gasteiger partial charge in [0.05, 0.1) is 17.8 Å². The fourth-order valence-corrected chi connectivity index (χ4v) is 5.32. The van der Waals surface area contributed by atoms with E-state index in [0.29, 0.717) is 19.6 Å². The smallest absolute Gasteiger partial charge is 0.252 e. The fourth-order valence-electron chi connectivity index (χ4n) is 4.59. The number of rotatable bonds is 9. The van der Waals surface area contributed by atoms with Crippen LogP contribution in [0.15, 0.2) is 69.4 Å². The minimum atomic E-state index is -0.116. The molecule has 0 aliphatic rings. The van der Waals surface area contributed by atoms with Gasteiger partial charge in [-0.3, -0.25) is 9.69 Å². The Hall–Kier alpha value is -3.56. The van der Waals surface area contributed by atoms with Gasteiger partial charge in [0.1, 0.15) is 12.3 Å². The van der Waals surface area contributed by atoms with Crippen molar-refractivity contribution in [3.63, 3.8) is 0 Å². The Morgan fingerprint density at radius 2 is 2.03 bits per heavy atom. The quantitative estimate of drug-likeness (QED) is 0.316. The molecule has 1 N–H and O–H groups in total. The second-order valence-electron chi connectivity index (χ2n) is 9.11. The molecule has 35 heavy (non-hydrogen) atoms. The molecule has 8 nitrogen and oxygen atoms in total. The summed E-state index contributed by atoms with van der Waals surface area (Å²) in [5.41, 5.74) is 2.59. The van der Waals surface area contributed by atoms with Gasteiger partial charge in [0.2, 0.25) is 0 Å². The number of furan rings is 1. The zero-order valence-electron chi connectivity index (χ0n) is 20.0. The largest absolute Gasteiger partial charge is 0.467 e. The van der Waals surface area contributed by atoms with Crippen LogP contribution in [0.2, 0.25) is 0 Å². The summed E-state index contributed by atoms with van der Waals surface area (Å²) in [5.74, 6) is 1.73. The monoisotopic (exact) mass is 488 g/mol. The Morgan fingerprint density at radius 3 is 2.77 bits per heavy atom. The number of para-hydroxylation sites is 1. The summed E-state index contributed by atoms with van der Waals surface area (Å²) in [7, 11) is 0. The van der Waals surface area contributed by atoms with Gasteiger partial charge in [-0.05, 0) is 63.9 Å². The van der Waals surface area contributed by atoms with E-state index >= 15 is 0 Å². The molecule has 0 saturated heterocycles. The molecule has 9 heteroatoms. The van der Waals surface area contributed by atoms with Crippen LogP contribution in [0, 0.1) is 12.8 Å². The number of fused-ring (bicyclic) bond motifs is 1. The summed E-state index contributed by atoms with van der Waals surface area (Å²) < 4.78 is 7.33.